The molecular formula is C22H19NO4. The minimum Gasteiger partial charge on any atom is -0.481 e. The number of anilines is 1. The molecule has 3 aromatic carbocycles. The lowest BCUT2D eigenvalue weighted by Crippen LogP contribution is -2.46. The van der Waals surface area contributed by atoms with Crippen molar-refractivity contribution < 1.29 is 19.4 Å². The molecule has 1 amide bonds. The van der Waals surface area contributed by atoms with E-state index in [0.717, 1.165) is 21.9 Å². The molecule has 0 spiro atoms. The largest absolute Gasteiger partial charge is 0.481 e. The summed E-state index contributed by atoms with van der Waals surface area (Å²) in [6.45, 7) is 2.31. The van der Waals surface area contributed by atoms with Gasteiger partial charge in [-0.05, 0) is 41.0 Å². The average molecular weight is 361 g/mol. The second kappa shape index (κ2) is 6.76. The zero-order valence-corrected chi connectivity index (χ0v) is 14.9. The molecule has 1 N–H and O–H groups in total. The zero-order chi connectivity index (χ0) is 19.0. The Morgan fingerprint density at radius 3 is 2.70 bits per heavy atom. The Bertz CT molecular complexity index is 1040. The summed E-state index contributed by atoms with van der Waals surface area (Å²) >= 11 is 0. The highest BCUT2D eigenvalue weighted by molar-refractivity contribution is 6.02. The molecule has 4 rings (SSSR count). The Kier molecular flexibility index (Phi) is 4.28. The fraction of sp³-hybridized carbons (Fsp3) is 0.182. The number of hydrogen-bond acceptors (Lipinski definition) is 3. The number of nitrogens with zero attached hydrogens (tertiary/aromatic N) is 1. The molecule has 0 saturated carbocycles. The van der Waals surface area contributed by atoms with Gasteiger partial charge in [0.15, 0.2) is 6.10 Å². The molecule has 5 heteroatoms. The Balaban J connectivity index is 1.78. The van der Waals surface area contributed by atoms with E-state index < -0.39 is 12.1 Å². The van der Waals surface area contributed by atoms with E-state index in [9.17, 15) is 9.59 Å². The summed E-state index contributed by atoms with van der Waals surface area (Å²) in [6, 6.07) is 19.6. The highest BCUT2D eigenvalue weighted by atomic mass is 16.5. The molecule has 0 radical (unpaired) electrons. The van der Waals surface area contributed by atoms with Crippen molar-refractivity contribution in [2.45, 2.75) is 26.0 Å². The van der Waals surface area contributed by atoms with Crippen LogP contribution in [0.15, 0.2) is 60.7 Å². The van der Waals surface area contributed by atoms with Crippen molar-refractivity contribution in [3.8, 4) is 5.75 Å². The van der Waals surface area contributed by atoms with Crippen LogP contribution < -0.4 is 9.64 Å². The zero-order valence-electron chi connectivity index (χ0n) is 14.9. The Morgan fingerprint density at radius 1 is 1.11 bits per heavy atom. The maximum Gasteiger partial charge on any atom is 0.307 e. The van der Waals surface area contributed by atoms with Crippen molar-refractivity contribution in [3.05, 3.63) is 71.8 Å². The highest BCUT2D eigenvalue weighted by Crippen LogP contribution is 2.37. The van der Waals surface area contributed by atoms with Crippen molar-refractivity contribution in [3.63, 3.8) is 0 Å². The predicted octanol–water partition coefficient (Wildman–Crippen LogP) is 3.92. The first-order chi connectivity index (χ1) is 13.0. The maximum atomic E-state index is 13.0. The van der Waals surface area contributed by atoms with Crippen molar-refractivity contribution in [1.82, 2.24) is 0 Å². The molecule has 1 unspecified atom stereocenters. The van der Waals surface area contributed by atoms with Gasteiger partial charge in [0.05, 0.1) is 18.7 Å². The molecule has 5 nitrogen and oxygen atoms in total. The summed E-state index contributed by atoms with van der Waals surface area (Å²) in [4.78, 5) is 25.8. The van der Waals surface area contributed by atoms with Gasteiger partial charge in [-0.15, -0.1) is 0 Å². The van der Waals surface area contributed by atoms with Gasteiger partial charge in [0, 0.05) is 0 Å². The minimum atomic E-state index is -1.06. The van der Waals surface area contributed by atoms with Crippen LogP contribution in [0.4, 0.5) is 5.69 Å². The maximum absolute atomic E-state index is 13.0. The number of amides is 1. The summed E-state index contributed by atoms with van der Waals surface area (Å²) in [7, 11) is 0. The van der Waals surface area contributed by atoms with Gasteiger partial charge < -0.3 is 14.7 Å². The van der Waals surface area contributed by atoms with E-state index in [1.807, 2.05) is 61.5 Å². The molecule has 0 fully saturated rings. The van der Waals surface area contributed by atoms with Crippen LogP contribution in [-0.2, 0) is 16.1 Å². The third kappa shape index (κ3) is 3.24. The smallest absolute Gasteiger partial charge is 0.307 e. The Labute approximate surface area is 156 Å². The van der Waals surface area contributed by atoms with E-state index in [1.165, 1.54) is 0 Å². The summed E-state index contributed by atoms with van der Waals surface area (Å²) in [6.07, 6.45) is -1.38. The van der Waals surface area contributed by atoms with E-state index in [2.05, 4.69) is 0 Å². The molecule has 1 aliphatic rings. The second-order valence-corrected chi connectivity index (χ2v) is 6.74. The fourth-order valence-corrected chi connectivity index (χ4v) is 3.49. The average Bonchev–Trinajstić information content (AvgIpc) is 2.65. The van der Waals surface area contributed by atoms with E-state index in [4.69, 9.17) is 9.84 Å². The lowest BCUT2D eigenvalue weighted by molar-refractivity contribution is -0.142. The number of carboxylic acid groups (broad SMARTS) is 1. The number of fused-ring (bicyclic) bond motifs is 2. The fourth-order valence-electron chi connectivity index (χ4n) is 3.49. The van der Waals surface area contributed by atoms with Crippen LogP contribution >= 0.6 is 0 Å². The van der Waals surface area contributed by atoms with Crippen molar-refractivity contribution in [2.75, 3.05) is 4.90 Å². The van der Waals surface area contributed by atoms with Crippen LogP contribution in [0, 0.1) is 6.92 Å². The van der Waals surface area contributed by atoms with Gasteiger partial charge in [0.25, 0.3) is 5.91 Å². The quantitative estimate of drug-likeness (QED) is 0.765. The summed E-state index contributed by atoms with van der Waals surface area (Å²) in [5.41, 5.74) is 2.68. The van der Waals surface area contributed by atoms with E-state index in [-0.39, 0.29) is 12.3 Å². The van der Waals surface area contributed by atoms with Crippen molar-refractivity contribution >= 4 is 28.3 Å². The molecule has 136 valence electrons. The Hall–Kier alpha value is -3.34. The molecular weight excluding hydrogens is 342 g/mol. The van der Waals surface area contributed by atoms with Crippen LogP contribution in [0.2, 0.25) is 0 Å². The third-order valence-electron chi connectivity index (χ3n) is 4.78. The molecule has 3 aromatic rings. The van der Waals surface area contributed by atoms with Crippen LogP contribution in [0.1, 0.15) is 17.5 Å². The van der Waals surface area contributed by atoms with Gasteiger partial charge in [-0.3, -0.25) is 9.59 Å². The van der Waals surface area contributed by atoms with Crippen molar-refractivity contribution in [2.24, 2.45) is 0 Å². The third-order valence-corrected chi connectivity index (χ3v) is 4.78. The Morgan fingerprint density at radius 2 is 1.89 bits per heavy atom. The number of aliphatic carboxylic acids is 1. The first-order valence-corrected chi connectivity index (χ1v) is 8.80. The number of rotatable bonds is 4. The van der Waals surface area contributed by atoms with Crippen LogP contribution in [0.3, 0.4) is 0 Å². The van der Waals surface area contributed by atoms with Gasteiger partial charge in [-0.1, -0.05) is 48.5 Å². The number of carbonyl (C=O) groups is 2. The molecule has 27 heavy (non-hydrogen) atoms. The molecule has 1 aliphatic heterocycles. The number of benzene rings is 3. The number of aryl methyl sites for hydroxylation is 1. The molecule has 0 aromatic heterocycles. The lowest BCUT2D eigenvalue weighted by Gasteiger charge is -2.34. The molecule has 0 aliphatic carbocycles. The molecule has 1 heterocycles. The summed E-state index contributed by atoms with van der Waals surface area (Å²) in [5.74, 6) is -0.857. The topological polar surface area (TPSA) is 66.8 Å². The minimum absolute atomic E-state index is 0.330. The predicted molar refractivity (Wildman–Crippen MR) is 103 cm³/mol. The van der Waals surface area contributed by atoms with E-state index in [1.54, 1.807) is 11.0 Å². The number of ether oxygens (including phenoxy) is 1. The van der Waals surface area contributed by atoms with Gasteiger partial charge in [-0.25, -0.2) is 0 Å². The molecule has 0 saturated heterocycles. The first-order valence-electron chi connectivity index (χ1n) is 8.80. The van der Waals surface area contributed by atoms with E-state index >= 15 is 0 Å². The summed E-state index contributed by atoms with van der Waals surface area (Å²) in [5, 5.41) is 11.3. The van der Waals surface area contributed by atoms with E-state index in [0.29, 0.717) is 18.0 Å². The highest BCUT2D eigenvalue weighted by Gasteiger charge is 2.36. The van der Waals surface area contributed by atoms with Gasteiger partial charge >= 0.3 is 5.97 Å². The van der Waals surface area contributed by atoms with Crippen LogP contribution in [-0.4, -0.2) is 23.1 Å². The number of carbonyl (C=O) groups excluding carboxylic acids is 1. The number of carboxylic acids is 1. The second-order valence-electron chi connectivity index (χ2n) is 6.74. The summed E-state index contributed by atoms with van der Waals surface area (Å²) < 4.78 is 5.69. The standard InChI is InChI=1S/C22H19NO4/c1-14-9-10-19-18(11-14)23(22(26)20(27-19)12-21(24)25)13-16-7-4-6-15-5-2-3-8-17(15)16/h2-11,20H,12-13H2,1H3,(H,24,25). The SMILES string of the molecule is Cc1ccc2c(c1)N(Cc1cccc3ccccc13)C(=O)C(CC(=O)O)O2. The van der Waals surface area contributed by atoms with Gasteiger partial charge in [-0.2, -0.15) is 0 Å². The van der Waals surface area contributed by atoms with Crippen molar-refractivity contribution in [1.29, 1.82) is 0 Å². The lowest BCUT2D eigenvalue weighted by atomic mass is 10.0. The normalized spacial score (nSPS) is 16.1. The van der Waals surface area contributed by atoms with Gasteiger partial charge in [0.1, 0.15) is 5.75 Å². The molecule has 1 atom stereocenters. The van der Waals surface area contributed by atoms with Gasteiger partial charge in [0.2, 0.25) is 0 Å². The van der Waals surface area contributed by atoms with Crippen LogP contribution in [0.5, 0.6) is 5.75 Å². The first kappa shape index (κ1) is 17.1. The monoisotopic (exact) mass is 361 g/mol. The van der Waals surface area contributed by atoms with Crippen LogP contribution in [0.25, 0.3) is 10.8 Å². The number of hydrogen-bond donors (Lipinski definition) is 1. The molecule has 0 bridgehead atoms.